The molecule has 5 heteroatoms. The van der Waals surface area contributed by atoms with Gasteiger partial charge in [0.15, 0.2) is 0 Å². The highest BCUT2D eigenvalue weighted by Gasteiger charge is 2.25. The number of rotatable bonds is 4. The smallest absolute Gasteiger partial charge is 0.192 e. The Morgan fingerprint density at radius 1 is 1.00 bits per heavy atom. The van der Waals surface area contributed by atoms with E-state index in [0.717, 1.165) is 16.7 Å². The zero-order valence-electron chi connectivity index (χ0n) is 11.4. The van der Waals surface area contributed by atoms with Gasteiger partial charge in [0.25, 0.3) is 0 Å². The molecule has 0 aliphatic carbocycles. The van der Waals surface area contributed by atoms with Crippen LogP contribution >= 0.6 is 0 Å². The van der Waals surface area contributed by atoms with Crippen LogP contribution in [-0.2, 0) is 27.5 Å². The monoisotopic (exact) mass is 301 g/mol. The number of benzene rings is 2. The quantitative estimate of drug-likeness (QED) is 0.871. The maximum atomic E-state index is 12.2. The van der Waals surface area contributed by atoms with E-state index in [4.69, 9.17) is 4.28 Å². The molecule has 0 bridgehead atoms. The number of fused-ring (bicyclic) bond motifs is 1. The fourth-order valence-electron chi connectivity index (χ4n) is 2.31. The largest absolute Gasteiger partial charge is 0.313 e. The lowest BCUT2D eigenvalue weighted by Gasteiger charge is -2.14. The normalized spacial score (nSPS) is 14.9. The van der Waals surface area contributed by atoms with Gasteiger partial charge in [-0.05, 0) is 28.8 Å². The summed E-state index contributed by atoms with van der Waals surface area (Å²) in [4.78, 5) is 0.143. The van der Waals surface area contributed by atoms with E-state index in [0.29, 0.717) is 13.1 Å². The predicted octanol–water partition coefficient (Wildman–Crippen LogP) is 2.97. The standard InChI is InChI=1S/C16H15NO3S/c1-2-13-7-9-16(10-8-13)21(18,19)20-17-11-14-5-3-4-6-15(14)12-17/h2-10H,1,11-12H2. The summed E-state index contributed by atoms with van der Waals surface area (Å²) in [6.45, 7) is 4.58. The van der Waals surface area contributed by atoms with Crippen molar-refractivity contribution >= 4 is 16.2 Å². The van der Waals surface area contributed by atoms with E-state index in [-0.39, 0.29) is 4.90 Å². The highest BCUT2D eigenvalue weighted by Crippen LogP contribution is 2.25. The molecule has 2 aromatic carbocycles. The van der Waals surface area contributed by atoms with Gasteiger partial charge < -0.3 is 0 Å². The van der Waals surface area contributed by atoms with E-state index in [1.807, 2.05) is 24.3 Å². The highest BCUT2D eigenvalue weighted by atomic mass is 32.2. The van der Waals surface area contributed by atoms with Crippen LogP contribution in [0, 0.1) is 0 Å². The number of hydrogen-bond acceptors (Lipinski definition) is 4. The summed E-state index contributed by atoms with van der Waals surface area (Å²) < 4.78 is 29.7. The summed E-state index contributed by atoms with van der Waals surface area (Å²) >= 11 is 0. The second-order valence-electron chi connectivity index (χ2n) is 4.87. The zero-order valence-corrected chi connectivity index (χ0v) is 12.2. The molecule has 0 N–H and O–H groups in total. The van der Waals surface area contributed by atoms with Crippen molar-refractivity contribution in [3.8, 4) is 0 Å². The van der Waals surface area contributed by atoms with E-state index in [1.165, 1.54) is 17.2 Å². The van der Waals surface area contributed by atoms with Gasteiger partial charge in [0.2, 0.25) is 0 Å². The molecule has 1 heterocycles. The Morgan fingerprint density at radius 2 is 1.57 bits per heavy atom. The molecule has 21 heavy (non-hydrogen) atoms. The van der Waals surface area contributed by atoms with E-state index in [9.17, 15) is 8.42 Å². The van der Waals surface area contributed by atoms with Crippen LogP contribution in [0.2, 0.25) is 0 Å². The lowest BCUT2D eigenvalue weighted by atomic mass is 10.1. The van der Waals surface area contributed by atoms with Gasteiger partial charge in [0.05, 0.1) is 18.0 Å². The Morgan fingerprint density at radius 3 is 2.10 bits per heavy atom. The molecule has 0 aromatic heterocycles. The molecule has 0 spiro atoms. The van der Waals surface area contributed by atoms with Gasteiger partial charge in [-0.2, -0.15) is 17.8 Å². The van der Waals surface area contributed by atoms with E-state index in [2.05, 4.69) is 6.58 Å². The summed E-state index contributed by atoms with van der Waals surface area (Å²) in [5.41, 5.74) is 3.05. The van der Waals surface area contributed by atoms with E-state index >= 15 is 0 Å². The number of hydroxylamine groups is 2. The lowest BCUT2D eigenvalue weighted by molar-refractivity contribution is -0.0571. The maximum absolute atomic E-state index is 12.2. The van der Waals surface area contributed by atoms with Crippen molar-refractivity contribution in [2.75, 3.05) is 0 Å². The second-order valence-corrected chi connectivity index (χ2v) is 6.40. The SMILES string of the molecule is C=Cc1ccc(S(=O)(=O)ON2Cc3ccccc3C2)cc1. The van der Waals surface area contributed by atoms with Gasteiger partial charge >= 0.3 is 10.1 Å². The first-order valence-electron chi connectivity index (χ1n) is 6.57. The van der Waals surface area contributed by atoms with Crippen LogP contribution in [0.15, 0.2) is 60.0 Å². The average Bonchev–Trinajstić information content (AvgIpc) is 2.88. The molecule has 0 unspecified atom stereocenters. The molecule has 0 saturated carbocycles. The fraction of sp³-hybridized carbons (Fsp3) is 0.125. The van der Waals surface area contributed by atoms with Gasteiger partial charge in [-0.1, -0.05) is 49.1 Å². The van der Waals surface area contributed by atoms with Crippen molar-refractivity contribution in [3.63, 3.8) is 0 Å². The lowest BCUT2D eigenvalue weighted by Crippen LogP contribution is -2.22. The van der Waals surface area contributed by atoms with E-state index < -0.39 is 10.1 Å². The molecular weight excluding hydrogens is 286 g/mol. The van der Waals surface area contributed by atoms with Crippen molar-refractivity contribution in [2.24, 2.45) is 0 Å². The van der Waals surface area contributed by atoms with Crippen molar-refractivity contribution < 1.29 is 12.7 Å². The molecule has 0 radical (unpaired) electrons. The van der Waals surface area contributed by atoms with Crippen LogP contribution in [0.4, 0.5) is 0 Å². The van der Waals surface area contributed by atoms with Crippen LogP contribution in [0.25, 0.3) is 6.08 Å². The summed E-state index contributed by atoms with van der Waals surface area (Å²) in [7, 11) is -3.79. The third-order valence-electron chi connectivity index (χ3n) is 3.42. The molecule has 4 nitrogen and oxygen atoms in total. The minimum Gasteiger partial charge on any atom is -0.192 e. The molecule has 0 atom stereocenters. The van der Waals surface area contributed by atoms with E-state index in [1.54, 1.807) is 18.2 Å². The topological polar surface area (TPSA) is 46.6 Å². The Kier molecular flexibility index (Phi) is 3.63. The van der Waals surface area contributed by atoms with Crippen LogP contribution in [0.5, 0.6) is 0 Å². The Balaban J connectivity index is 1.76. The summed E-state index contributed by atoms with van der Waals surface area (Å²) in [5.74, 6) is 0. The molecular formula is C16H15NO3S. The Bertz CT molecular complexity index is 741. The first-order valence-corrected chi connectivity index (χ1v) is 7.98. The molecule has 0 saturated heterocycles. The van der Waals surface area contributed by atoms with Crippen LogP contribution < -0.4 is 0 Å². The van der Waals surface area contributed by atoms with Gasteiger partial charge in [-0.25, -0.2) is 0 Å². The highest BCUT2D eigenvalue weighted by molar-refractivity contribution is 7.86. The number of nitrogens with zero attached hydrogens (tertiary/aromatic N) is 1. The van der Waals surface area contributed by atoms with Crippen molar-refractivity contribution in [2.45, 2.75) is 18.0 Å². The molecule has 2 aromatic rings. The minimum atomic E-state index is -3.79. The Hall–Kier alpha value is -1.95. The molecule has 0 fully saturated rings. The Labute approximate surface area is 124 Å². The minimum absolute atomic E-state index is 0.143. The first kappa shape index (κ1) is 14.0. The van der Waals surface area contributed by atoms with Crippen LogP contribution in [0.1, 0.15) is 16.7 Å². The van der Waals surface area contributed by atoms with Crippen molar-refractivity contribution in [1.29, 1.82) is 0 Å². The fourth-order valence-corrected chi connectivity index (χ4v) is 3.25. The third-order valence-corrected chi connectivity index (χ3v) is 4.68. The summed E-state index contributed by atoms with van der Waals surface area (Å²) in [5, 5.41) is 1.46. The zero-order chi connectivity index (χ0) is 14.9. The molecule has 108 valence electrons. The van der Waals surface area contributed by atoms with Crippen molar-refractivity contribution in [3.05, 3.63) is 71.8 Å². The van der Waals surface area contributed by atoms with Crippen LogP contribution in [0.3, 0.4) is 0 Å². The number of hydrogen-bond donors (Lipinski definition) is 0. The van der Waals surface area contributed by atoms with Crippen LogP contribution in [-0.4, -0.2) is 13.5 Å². The predicted molar refractivity (Wildman–Crippen MR) is 80.5 cm³/mol. The van der Waals surface area contributed by atoms with Gasteiger partial charge in [0.1, 0.15) is 0 Å². The third kappa shape index (κ3) is 2.90. The average molecular weight is 301 g/mol. The first-order chi connectivity index (χ1) is 10.1. The summed E-state index contributed by atoms with van der Waals surface area (Å²) in [6.07, 6.45) is 1.66. The molecule has 1 aliphatic heterocycles. The van der Waals surface area contributed by atoms with Crippen molar-refractivity contribution in [1.82, 2.24) is 5.06 Å². The maximum Gasteiger partial charge on any atom is 0.313 e. The molecule has 0 amide bonds. The second kappa shape index (κ2) is 5.44. The van der Waals surface area contributed by atoms with Gasteiger partial charge in [0, 0.05) is 0 Å². The molecule has 3 rings (SSSR count). The van der Waals surface area contributed by atoms with Gasteiger partial charge in [-0.3, -0.25) is 0 Å². The van der Waals surface area contributed by atoms with Gasteiger partial charge in [-0.15, -0.1) is 0 Å². The molecule has 1 aliphatic rings. The summed E-state index contributed by atoms with van der Waals surface area (Å²) in [6, 6.07) is 14.3.